The van der Waals surface area contributed by atoms with Gasteiger partial charge in [-0.25, -0.2) is 13.1 Å². The maximum absolute atomic E-state index is 11.9. The molecule has 0 fully saturated rings. The lowest BCUT2D eigenvalue weighted by atomic mass is 10.0. The first-order valence-corrected chi connectivity index (χ1v) is 7.79. The molecule has 6 heteroatoms. The van der Waals surface area contributed by atoms with Crippen molar-refractivity contribution in [2.24, 2.45) is 0 Å². The summed E-state index contributed by atoms with van der Waals surface area (Å²) in [5.41, 5.74) is -0.362. The number of para-hydroxylation sites is 1. The third-order valence-electron chi connectivity index (χ3n) is 2.89. The first-order valence-electron chi connectivity index (χ1n) is 6.31. The number of rotatable bonds is 7. The third kappa shape index (κ3) is 4.49. The van der Waals surface area contributed by atoms with Crippen LogP contribution in [-0.4, -0.2) is 32.7 Å². The maximum Gasteiger partial charge on any atom is 0.242 e. The Balaban J connectivity index is 2.91. The minimum Gasteiger partial charge on any atom is -0.388 e. The predicted octanol–water partition coefficient (Wildman–Crippen LogP) is 1.56. The molecule has 1 unspecified atom stereocenters. The predicted molar refractivity (Wildman–Crippen MR) is 76.7 cm³/mol. The third-order valence-corrected chi connectivity index (χ3v) is 4.37. The summed E-state index contributed by atoms with van der Waals surface area (Å²) in [6, 6.07) is 6.64. The summed E-state index contributed by atoms with van der Waals surface area (Å²) in [5.74, 6) is 0. The van der Waals surface area contributed by atoms with E-state index in [0.29, 0.717) is 18.7 Å². The summed E-state index contributed by atoms with van der Waals surface area (Å²) >= 11 is 0. The largest absolute Gasteiger partial charge is 0.388 e. The molecular weight excluding hydrogens is 264 g/mol. The van der Waals surface area contributed by atoms with Gasteiger partial charge in [0.2, 0.25) is 10.0 Å². The second kappa shape index (κ2) is 6.36. The zero-order chi connectivity index (χ0) is 14.5. The number of benzene rings is 1. The monoisotopic (exact) mass is 286 g/mol. The van der Waals surface area contributed by atoms with Gasteiger partial charge < -0.3 is 10.4 Å². The number of hydrogen-bond acceptors (Lipinski definition) is 4. The van der Waals surface area contributed by atoms with E-state index < -0.39 is 15.6 Å². The highest BCUT2D eigenvalue weighted by Crippen LogP contribution is 2.22. The van der Waals surface area contributed by atoms with E-state index in [2.05, 4.69) is 10.0 Å². The van der Waals surface area contributed by atoms with Crippen LogP contribution >= 0.6 is 0 Å². The van der Waals surface area contributed by atoms with Crippen LogP contribution in [0.5, 0.6) is 0 Å². The Kier molecular flexibility index (Phi) is 5.34. The van der Waals surface area contributed by atoms with E-state index in [9.17, 15) is 13.5 Å². The van der Waals surface area contributed by atoms with Crippen molar-refractivity contribution in [2.45, 2.75) is 37.2 Å². The van der Waals surface area contributed by atoms with Gasteiger partial charge in [-0.1, -0.05) is 25.5 Å². The van der Waals surface area contributed by atoms with Crippen LogP contribution in [0.25, 0.3) is 0 Å². The topological polar surface area (TPSA) is 78.4 Å². The highest BCUT2D eigenvalue weighted by Gasteiger charge is 2.21. The van der Waals surface area contributed by atoms with Gasteiger partial charge in [-0.05, 0) is 32.5 Å². The molecule has 1 rings (SSSR count). The number of aliphatic hydroxyl groups is 1. The highest BCUT2D eigenvalue weighted by molar-refractivity contribution is 7.89. The lowest BCUT2D eigenvalue weighted by Crippen LogP contribution is -2.33. The van der Waals surface area contributed by atoms with Gasteiger partial charge in [0.05, 0.1) is 11.3 Å². The number of anilines is 1. The Labute approximate surface area is 115 Å². The van der Waals surface area contributed by atoms with E-state index in [4.69, 9.17) is 0 Å². The summed E-state index contributed by atoms with van der Waals surface area (Å²) in [6.07, 6.45) is 1.52. The van der Waals surface area contributed by atoms with Gasteiger partial charge >= 0.3 is 0 Å². The normalized spacial score (nSPS) is 14.9. The van der Waals surface area contributed by atoms with Crippen LogP contribution in [0.1, 0.15) is 26.7 Å². The zero-order valence-corrected chi connectivity index (χ0v) is 12.4. The van der Waals surface area contributed by atoms with Crippen molar-refractivity contribution in [1.29, 1.82) is 0 Å². The average Bonchev–Trinajstić information content (AvgIpc) is 2.37. The molecule has 0 amide bonds. The molecule has 0 saturated heterocycles. The molecule has 0 heterocycles. The average molecular weight is 286 g/mol. The van der Waals surface area contributed by atoms with Crippen LogP contribution in [0, 0.1) is 0 Å². The molecule has 0 bridgehead atoms. The molecule has 0 spiro atoms. The van der Waals surface area contributed by atoms with Crippen molar-refractivity contribution >= 4 is 15.7 Å². The smallest absolute Gasteiger partial charge is 0.242 e. The fourth-order valence-electron chi connectivity index (χ4n) is 1.87. The molecule has 108 valence electrons. The van der Waals surface area contributed by atoms with Gasteiger partial charge in [-0.15, -0.1) is 0 Å². The fraction of sp³-hybridized carbons (Fsp3) is 0.538. The fourth-order valence-corrected chi connectivity index (χ4v) is 2.78. The molecule has 1 atom stereocenters. The summed E-state index contributed by atoms with van der Waals surface area (Å²) < 4.78 is 26.0. The first kappa shape index (κ1) is 15.9. The van der Waals surface area contributed by atoms with Crippen LogP contribution in [0.15, 0.2) is 29.2 Å². The summed E-state index contributed by atoms with van der Waals surface area (Å²) in [6.45, 7) is 4.03. The minimum absolute atomic E-state index is 0.185. The van der Waals surface area contributed by atoms with Crippen LogP contribution in [0.2, 0.25) is 0 Å². The summed E-state index contributed by atoms with van der Waals surface area (Å²) in [4.78, 5) is 0.185. The van der Waals surface area contributed by atoms with Crippen LogP contribution in [0.3, 0.4) is 0 Å². The number of sulfonamides is 1. The van der Waals surface area contributed by atoms with Gasteiger partial charge in [0.15, 0.2) is 0 Å². The van der Waals surface area contributed by atoms with Crippen LogP contribution in [0.4, 0.5) is 5.69 Å². The van der Waals surface area contributed by atoms with E-state index in [-0.39, 0.29) is 4.90 Å². The van der Waals surface area contributed by atoms with Crippen molar-refractivity contribution in [2.75, 3.05) is 18.9 Å². The van der Waals surface area contributed by atoms with Crippen molar-refractivity contribution in [3.8, 4) is 0 Å². The van der Waals surface area contributed by atoms with Gasteiger partial charge in [-0.2, -0.15) is 0 Å². The quantitative estimate of drug-likeness (QED) is 0.711. The Morgan fingerprint density at radius 1 is 1.32 bits per heavy atom. The Bertz CT molecular complexity index is 512. The van der Waals surface area contributed by atoms with Crippen molar-refractivity contribution in [1.82, 2.24) is 4.72 Å². The van der Waals surface area contributed by atoms with E-state index in [0.717, 1.165) is 6.42 Å². The standard InChI is InChI=1S/C13H22N2O3S/c1-4-9-13(2,16)10-15-11-7-5-6-8-12(11)19(17,18)14-3/h5-8,14-16H,4,9-10H2,1-3H3. The molecule has 1 aromatic carbocycles. The minimum atomic E-state index is -3.50. The maximum atomic E-state index is 11.9. The summed E-state index contributed by atoms with van der Waals surface area (Å²) in [5, 5.41) is 13.1. The molecule has 0 saturated carbocycles. The van der Waals surface area contributed by atoms with Gasteiger partial charge in [0.1, 0.15) is 4.90 Å². The molecule has 0 aliphatic carbocycles. The molecule has 5 nitrogen and oxygen atoms in total. The summed E-state index contributed by atoms with van der Waals surface area (Å²) in [7, 11) is -2.13. The van der Waals surface area contributed by atoms with E-state index in [1.807, 2.05) is 6.92 Å². The SMILES string of the molecule is CCCC(C)(O)CNc1ccccc1S(=O)(=O)NC. The molecule has 0 aliphatic heterocycles. The second-order valence-electron chi connectivity index (χ2n) is 4.80. The molecule has 0 radical (unpaired) electrons. The first-order chi connectivity index (χ1) is 8.82. The van der Waals surface area contributed by atoms with Crippen molar-refractivity contribution in [3.05, 3.63) is 24.3 Å². The molecule has 3 N–H and O–H groups in total. The van der Waals surface area contributed by atoms with Crippen LogP contribution in [-0.2, 0) is 10.0 Å². The Hall–Kier alpha value is -1.11. The second-order valence-corrected chi connectivity index (χ2v) is 6.66. The van der Waals surface area contributed by atoms with Crippen LogP contribution < -0.4 is 10.0 Å². The molecule has 1 aromatic rings. The van der Waals surface area contributed by atoms with Gasteiger partial charge in [0.25, 0.3) is 0 Å². The van der Waals surface area contributed by atoms with E-state index in [1.54, 1.807) is 25.1 Å². The number of hydrogen-bond donors (Lipinski definition) is 3. The molecule has 19 heavy (non-hydrogen) atoms. The Morgan fingerprint density at radius 2 is 1.95 bits per heavy atom. The molecular formula is C13H22N2O3S. The zero-order valence-electron chi connectivity index (χ0n) is 11.6. The Morgan fingerprint density at radius 3 is 2.53 bits per heavy atom. The highest BCUT2D eigenvalue weighted by atomic mass is 32.2. The lowest BCUT2D eigenvalue weighted by molar-refractivity contribution is 0.0636. The van der Waals surface area contributed by atoms with Crippen molar-refractivity contribution in [3.63, 3.8) is 0 Å². The molecule has 0 aliphatic rings. The molecule has 0 aromatic heterocycles. The van der Waals surface area contributed by atoms with Gasteiger partial charge in [0, 0.05) is 6.54 Å². The number of nitrogens with one attached hydrogen (secondary N) is 2. The lowest BCUT2D eigenvalue weighted by Gasteiger charge is -2.24. The van der Waals surface area contributed by atoms with E-state index in [1.165, 1.54) is 13.1 Å². The van der Waals surface area contributed by atoms with Gasteiger partial charge in [-0.3, -0.25) is 0 Å². The van der Waals surface area contributed by atoms with Crippen molar-refractivity contribution < 1.29 is 13.5 Å². The van der Waals surface area contributed by atoms with E-state index >= 15 is 0 Å².